The van der Waals surface area contributed by atoms with Gasteiger partial charge in [-0.05, 0) is 36.2 Å². The first-order chi connectivity index (χ1) is 13.2. The molecule has 2 aromatic carbocycles. The smallest absolute Gasteiger partial charge is 0.292 e. The predicted molar refractivity (Wildman–Crippen MR) is 104 cm³/mol. The first-order valence-corrected chi connectivity index (χ1v) is 9.06. The summed E-state index contributed by atoms with van der Waals surface area (Å²) in [5.74, 6) is 1.54. The molecule has 3 aromatic rings. The van der Waals surface area contributed by atoms with E-state index < -0.39 is 0 Å². The van der Waals surface area contributed by atoms with Gasteiger partial charge in [0.2, 0.25) is 0 Å². The molecule has 0 saturated heterocycles. The molecule has 0 bridgehead atoms. The monoisotopic (exact) mass is 383 g/mol. The highest BCUT2D eigenvalue weighted by Crippen LogP contribution is 2.30. The fraction of sp³-hybridized carbons (Fsp3) is 0.200. The summed E-state index contributed by atoms with van der Waals surface area (Å²) in [5.41, 5.74) is 1.94. The Kier molecular flexibility index (Phi) is 4.98. The fourth-order valence-electron chi connectivity index (χ4n) is 2.89. The van der Waals surface area contributed by atoms with Crippen LogP contribution in [-0.4, -0.2) is 29.5 Å². The first kappa shape index (κ1) is 17.4. The molecule has 0 unspecified atom stereocenters. The number of ether oxygens (including phenoxy) is 2. The van der Waals surface area contributed by atoms with Gasteiger partial charge in [-0.25, -0.2) is 0 Å². The Morgan fingerprint density at radius 2 is 1.85 bits per heavy atom. The zero-order valence-corrected chi connectivity index (χ0v) is 15.3. The molecule has 1 aliphatic rings. The third kappa shape index (κ3) is 3.75. The van der Waals surface area contributed by atoms with Gasteiger partial charge in [0.15, 0.2) is 11.5 Å². The van der Waals surface area contributed by atoms with E-state index in [1.807, 2.05) is 36.4 Å². The van der Waals surface area contributed by atoms with E-state index in [2.05, 4.69) is 10.4 Å². The Balaban J connectivity index is 1.44. The van der Waals surface area contributed by atoms with Crippen LogP contribution in [0.2, 0.25) is 5.02 Å². The van der Waals surface area contributed by atoms with E-state index in [4.69, 9.17) is 21.1 Å². The number of aromatic nitrogens is 2. The third-order valence-electron chi connectivity index (χ3n) is 4.26. The minimum atomic E-state index is -0.354. The predicted octanol–water partition coefficient (Wildman–Crippen LogP) is 3.31. The highest BCUT2D eigenvalue weighted by molar-refractivity contribution is 6.32. The molecule has 0 radical (unpaired) electrons. The van der Waals surface area contributed by atoms with Gasteiger partial charge in [0.05, 0.1) is 17.6 Å². The van der Waals surface area contributed by atoms with Crippen LogP contribution in [0.1, 0.15) is 5.56 Å². The standard InChI is InChI=1S/C20H18ClN3O3/c21-19-16(13-23-24(20(19)25)15-4-2-1-3-5-15)22-9-8-14-6-7-17-18(12-14)27-11-10-26-17/h1-7,12-13,22H,8-11H2. The largest absolute Gasteiger partial charge is 0.486 e. The molecule has 7 heteroatoms. The molecular formula is C20H18ClN3O3. The van der Waals surface area contributed by atoms with Crippen LogP contribution in [0.15, 0.2) is 59.5 Å². The quantitative estimate of drug-likeness (QED) is 0.732. The molecule has 27 heavy (non-hydrogen) atoms. The molecule has 4 rings (SSSR count). The summed E-state index contributed by atoms with van der Waals surface area (Å²) in [7, 11) is 0. The zero-order chi connectivity index (χ0) is 18.6. The number of nitrogens with one attached hydrogen (secondary N) is 1. The van der Waals surface area contributed by atoms with Crippen LogP contribution < -0.4 is 20.3 Å². The number of fused-ring (bicyclic) bond motifs is 1. The second-order valence-corrected chi connectivity index (χ2v) is 6.46. The van der Waals surface area contributed by atoms with Gasteiger partial charge in [-0.1, -0.05) is 35.9 Å². The van der Waals surface area contributed by atoms with Crippen LogP contribution in [0, 0.1) is 0 Å². The van der Waals surface area contributed by atoms with Crippen molar-refractivity contribution in [2.75, 3.05) is 25.1 Å². The Bertz CT molecular complexity index is 1010. The Morgan fingerprint density at radius 1 is 1.07 bits per heavy atom. The Labute approximate surface area is 161 Å². The van der Waals surface area contributed by atoms with Crippen LogP contribution in [0.25, 0.3) is 5.69 Å². The van der Waals surface area contributed by atoms with Crippen molar-refractivity contribution < 1.29 is 9.47 Å². The SMILES string of the molecule is O=c1c(Cl)c(NCCc2ccc3c(c2)OCCO3)cnn1-c1ccccc1. The Hall–Kier alpha value is -2.99. The summed E-state index contributed by atoms with van der Waals surface area (Å²) in [6.45, 7) is 1.75. The van der Waals surface area contributed by atoms with Crippen LogP contribution in [-0.2, 0) is 6.42 Å². The molecule has 1 aromatic heterocycles. The summed E-state index contributed by atoms with van der Waals surface area (Å²) in [4.78, 5) is 12.5. The maximum Gasteiger partial charge on any atom is 0.292 e. The maximum atomic E-state index is 12.5. The number of halogens is 1. The number of nitrogens with zero attached hydrogens (tertiary/aromatic N) is 2. The van der Waals surface area contributed by atoms with Gasteiger partial charge in [-0.2, -0.15) is 9.78 Å². The van der Waals surface area contributed by atoms with Gasteiger partial charge in [0.25, 0.3) is 5.56 Å². The maximum absolute atomic E-state index is 12.5. The van der Waals surface area contributed by atoms with Gasteiger partial charge < -0.3 is 14.8 Å². The molecule has 6 nitrogen and oxygen atoms in total. The summed E-state index contributed by atoms with van der Waals surface area (Å²) in [6.07, 6.45) is 2.31. The van der Waals surface area contributed by atoms with E-state index in [1.54, 1.807) is 18.3 Å². The number of rotatable bonds is 5. The van der Waals surface area contributed by atoms with Crippen molar-refractivity contribution >= 4 is 17.3 Å². The van der Waals surface area contributed by atoms with E-state index in [0.717, 1.165) is 23.5 Å². The molecular weight excluding hydrogens is 366 g/mol. The molecule has 0 spiro atoms. The first-order valence-electron chi connectivity index (χ1n) is 8.68. The summed E-state index contributed by atoms with van der Waals surface area (Å²) in [6, 6.07) is 15.1. The van der Waals surface area contributed by atoms with E-state index in [9.17, 15) is 4.79 Å². The molecule has 2 heterocycles. The molecule has 138 valence electrons. The number of anilines is 1. The lowest BCUT2D eigenvalue weighted by molar-refractivity contribution is 0.171. The second-order valence-electron chi connectivity index (χ2n) is 6.08. The van der Waals surface area contributed by atoms with Gasteiger partial charge in [0.1, 0.15) is 18.2 Å². The number of para-hydroxylation sites is 1. The Morgan fingerprint density at radius 3 is 2.67 bits per heavy atom. The molecule has 1 aliphatic heterocycles. The lowest BCUT2D eigenvalue weighted by Crippen LogP contribution is -2.23. The summed E-state index contributed by atoms with van der Waals surface area (Å²) in [5, 5.41) is 7.52. The van der Waals surface area contributed by atoms with Crippen LogP contribution in [0.4, 0.5) is 5.69 Å². The van der Waals surface area contributed by atoms with Gasteiger partial charge >= 0.3 is 0 Å². The van der Waals surface area contributed by atoms with Gasteiger partial charge in [0, 0.05) is 6.54 Å². The molecule has 0 fully saturated rings. The molecule has 0 amide bonds. The average Bonchev–Trinajstić information content (AvgIpc) is 2.72. The fourth-order valence-corrected chi connectivity index (χ4v) is 3.09. The van der Waals surface area contributed by atoms with E-state index in [0.29, 0.717) is 31.1 Å². The van der Waals surface area contributed by atoms with E-state index >= 15 is 0 Å². The molecule has 1 N–H and O–H groups in total. The summed E-state index contributed by atoms with van der Waals surface area (Å²) >= 11 is 6.25. The van der Waals surface area contributed by atoms with Crippen molar-refractivity contribution in [3.05, 3.63) is 75.7 Å². The van der Waals surface area contributed by atoms with Crippen molar-refractivity contribution in [1.29, 1.82) is 0 Å². The lowest BCUT2D eigenvalue weighted by atomic mass is 10.1. The minimum absolute atomic E-state index is 0.121. The normalized spacial score (nSPS) is 12.6. The van der Waals surface area contributed by atoms with Gasteiger partial charge in [-0.3, -0.25) is 4.79 Å². The second kappa shape index (κ2) is 7.72. The number of benzene rings is 2. The highest BCUT2D eigenvalue weighted by Gasteiger charge is 2.13. The van der Waals surface area contributed by atoms with Gasteiger partial charge in [-0.15, -0.1) is 0 Å². The van der Waals surface area contributed by atoms with Crippen molar-refractivity contribution in [2.45, 2.75) is 6.42 Å². The van der Waals surface area contributed by atoms with E-state index in [1.165, 1.54) is 4.68 Å². The number of hydrogen-bond donors (Lipinski definition) is 1. The highest BCUT2D eigenvalue weighted by atomic mass is 35.5. The van der Waals surface area contributed by atoms with Crippen LogP contribution in [0.3, 0.4) is 0 Å². The van der Waals surface area contributed by atoms with Crippen molar-refractivity contribution in [3.63, 3.8) is 0 Å². The molecule has 0 aliphatic carbocycles. The topological polar surface area (TPSA) is 65.4 Å². The number of hydrogen-bond acceptors (Lipinski definition) is 5. The lowest BCUT2D eigenvalue weighted by Gasteiger charge is -2.19. The van der Waals surface area contributed by atoms with Crippen molar-refractivity contribution in [1.82, 2.24) is 9.78 Å². The van der Waals surface area contributed by atoms with Crippen LogP contribution >= 0.6 is 11.6 Å². The van der Waals surface area contributed by atoms with E-state index in [-0.39, 0.29) is 10.6 Å². The molecule has 0 atom stereocenters. The average molecular weight is 384 g/mol. The minimum Gasteiger partial charge on any atom is -0.486 e. The van der Waals surface area contributed by atoms with Crippen LogP contribution in [0.5, 0.6) is 11.5 Å². The zero-order valence-electron chi connectivity index (χ0n) is 14.5. The van der Waals surface area contributed by atoms with Crippen molar-refractivity contribution in [2.24, 2.45) is 0 Å². The summed E-state index contributed by atoms with van der Waals surface area (Å²) < 4.78 is 12.4. The third-order valence-corrected chi connectivity index (χ3v) is 4.62. The molecule has 0 saturated carbocycles. The van der Waals surface area contributed by atoms with Crippen molar-refractivity contribution in [3.8, 4) is 17.2 Å².